The van der Waals surface area contributed by atoms with Crippen LogP contribution in [0.4, 0.5) is 13.2 Å². The number of halogens is 3. The fourth-order valence-electron chi connectivity index (χ4n) is 3.71. The van der Waals surface area contributed by atoms with Crippen molar-refractivity contribution in [1.82, 2.24) is 10.1 Å². The summed E-state index contributed by atoms with van der Waals surface area (Å²) < 4.78 is 43.6. The first-order valence-corrected chi connectivity index (χ1v) is 9.14. The number of piperidine rings is 1. The van der Waals surface area contributed by atoms with Gasteiger partial charge in [0.1, 0.15) is 11.3 Å². The van der Waals surface area contributed by atoms with Crippen LogP contribution in [0, 0.1) is 19.8 Å². The minimum atomic E-state index is -4.32. The van der Waals surface area contributed by atoms with Crippen LogP contribution >= 0.6 is 0 Å². The van der Waals surface area contributed by atoms with Crippen molar-refractivity contribution in [2.75, 3.05) is 13.1 Å². The molecule has 146 valence electrons. The smallest absolute Gasteiger partial charge is 0.361 e. The molecular weight excluding hydrogens is 357 g/mol. The molecule has 0 radical (unpaired) electrons. The van der Waals surface area contributed by atoms with Crippen LogP contribution in [0.25, 0.3) is 0 Å². The van der Waals surface area contributed by atoms with Crippen molar-refractivity contribution < 1.29 is 22.5 Å². The van der Waals surface area contributed by atoms with Crippen LogP contribution in [-0.4, -0.2) is 29.1 Å². The highest BCUT2D eigenvalue weighted by atomic mass is 19.4. The Morgan fingerprint density at radius 1 is 1.33 bits per heavy atom. The van der Waals surface area contributed by atoms with Crippen LogP contribution < -0.4 is 0 Å². The predicted octanol–water partition coefficient (Wildman–Crippen LogP) is 4.80. The van der Waals surface area contributed by atoms with Gasteiger partial charge in [0.05, 0.1) is 11.3 Å². The number of carbonyl (C=O) groups is 1. The number of alkyl halides is 3. The van der Waals surface area contributed by atoms with Gasteiger partial charge in [0.25, 0.3) is 5.91 Å². The first-order valence-electron chi connectivity index (χ1n) is 9.14. The van der Waals surface area contributed by atoms with Gasteiger partial charge in [0, 0.05) is 13.1 Å². The van der Waals surface area contributed by atoms with Crippen LogP contribution in [-0.2, 0) is 12.6 Å². The number of aromatic nitrogens is 1. The Morgan fingerprint density at radius 2 is 2.11 bits per heavy atom. The second kappa shape index (κ2) is 7.74. The predicted molar refractivity (Wildman–Crippen MR) is 94.4 cm³/mol. The Balaban J connectivity index is 1.61. The van der Waals surface area contributed by atoms with E-state index in [4.69, 9.17) is 4.52 Å². The Kier molecular flexibility index (Phi) is 5.58. The van der Waals surface area contributed by atoms with Gasteiger partial charge in [-0.15, -0.1) is 0 Å². The van der Waals surface area contributed by atoms with Crippen molar-refractivity contribution in [3.05, 3.63) is 52.4 Å². The van der Waals surface area contributed by atoms with E-state index in [0.29, 0.717) is 42.1 Å². The van der Waals surface area contributed by atoms with Crippen molar-refractivity contribution in [3.8, 4) is 0 Å². The highest BCUT2D eigenvalue weighted by molar-refractivity contribution is 5.96. The summed E-state index contributed by atoms with van der Waals surface area (Å²) in [6, 6.07) is 5.49. The lowest BCUT2D eigenvalue weighted by Gasteiger charge is -2.33. The van der Waals surface area contributed by atoms with E-state index < -0.39 is 11.7 Å². The number of likely N-dealkylation sites (tertiary alicyclic amines) is 1. The molecule has 1 fully saturated rings. The van der Waals surface area contributed by atoms with E-state index in [-0.39, 0.29) is 11.8 Å². The van der Waals surface area contributed by atoms with Gasteiger partial charge >= 0.3 is 6.18 Å². The molecule has 27 heavy (non-hydrogen) atoms. The lowest BCUT2D eigenvalue weighted by Crippen LogP contribution is -2.40. The Labute approximate surface area is 156 Å². The molecule has 1 amide bonds. The molecule has 3 rings (SSSR count). The number of amides is 1. The fourth-order valence-corrected chi connectivity index (χ4v) is 3.71. The van der Waals surface area contributed by atoms with Gasteiger partial charge in [-0.05, 0) is 57.1 Å². The number of carbonyl (C=O) groups excluding carboxylic acids is 1. The molecule has 2 aromatic rings. The maximum absolute atomic E-state index is 12.8. The molecule has 1 aromatic carbocycles. The van der Waals surface area contributed by atoms with Crippen LogP contribution in [0.1, 0.15) is 52.2 Å². The minimum absolute atomic E-state index is 0.0741. The van der Waals surface area contributed by atoms with Gasteiger partial charge in [-0.1, -0.05) is 23.4 Å². The average Bonchev–Trinajstić information content (AvgIpc) is 2.97. The largest absolute Gasteiger partial charge is 0.416 e. The molecule has 1 aliphatic heterocycles. The van der Waals surface area contributed by atoms with E-state index in [1.165, 1.54) is 12.1 Å². The number of hydrogen-bond acceptors (Lipinski definition) is 3. The number of benzene rings is 1. The van der Waals surface area contributed by atoms with Gasteiger partial charge < -0.3 is 9.42 Å². The summed E-state index contributed by atoms with van der Waals surface area (Å²) in [4.78, 5) is 14.6. The summed E-state index contributed by atoms with van der Waals surface area (Å²) in [6.07, 6.45) is -1.13. The quantitative estimate of drug-likeness (QED) is 0.766. The van der Waals surface area contributed by atoms with E-state index in [2.05, 4.69) is 5.16 Å². The molecule has 1 atom stereocenters. The normalized spacial score (nSPS) is 18.0. The lowest BCUT2D eigenvalue weighted by atomic mass is 9.91. The molecule has 2 heterocycles. The molecule has 0 spiro atoms. The summed E-state index contributed by atoms with van der Waals surface area (Å²) >= 11 is 0. The molecule has 0 bridgehead atoms. The zero-order valence-corrected chi connectivity index (χ0v) is 15.5. The molecule has 0 unspecified atom stereocenters. The third kappa shape index (κ3) is 4.51. The average molecular weight is 380 g/mol. The summed E-state index contributed by atoms with van der Waals surface area (Å²) in [6.45, 7) is 4.77. The zero-order chi connectivity index (χ0) is 19.6. The van der Waals surface area contributed by atoms with E-state index in [1.54, 1.807) is 19.9 Å². The molecule has 1 saturated heterocycles. The zero-order valence-electron chi connectivity index (χ0n) is 15.5. The van der Waals surface area contributed by atoms with Crippen molar-refractivity contribution in [2.45, 2.75) is 45.7 Å². The standard InChI is InChI=1S/C20H23F3N2O2/c1-13-18(14(2)27-24-13)19(26)25-10-4-6-16(12-25)9-8-15-5-3-7-17(11-15)20(21,22)23/h3,5,7,11,16H,4,6,8-10,12H2,1-2H3/t16-/m0/s1. The van der Waals surface area contributed by atoms with Gasteiger partial charge in [0.15, 0.2) is 0 Å². The summed E-state index contributed by atoms with van der Waals surface area (Å²) in [7, 11) is 0. The van der Waals surface area contributed by atoms with Crippen molar-refractivity contribution in [1.29, 1.82) is 0 Å². The Morgan fingerprint density at radius 3 is 2.78 bits per heavy atom. The molecule has 1 aromatic heterocycles. The first-order chi connectivity index (χ1) is 12.8. The van der Waals surface area contributed by atoms with E-state index in [0.717, 1.165) is 25.3 Å². The number of rotatable bonds is 4. The van der Waals surface area contributed by atoms with Gasteiger partial charge in [-0.25, -0.2) is 0 Å². The Hall–Kier alpha value is -2.31. The topological polar surface area (TPSA) is 46.3 Å². The second-order valence-corrected chi connectivity index (χ2v) is 7.20. The maximum atomic E-state index is 12.8. The summed E-state index contributed by atoms with van der Waals surface area (Å²) in [5, 5.41) is 3.84. The van der Waals surface area contributed by atoms with Crippen LogP contribution in [0.15, 0.2) is 28.8 Å². The molecule has 0 saturated carbocycles. The van der Waals surface area contributed by atoms with Crippen LogP contribution in [0.3, 0.4) is 0 Å². The third-order valence-electron chi connectivity index (χ3n) is 5.15. The van der Waals surface area contributed by atoms with Crippen LogP contribution in [0.5, 0.6) is 0 Å². The van der Waals surface area contributed by atoms with E-state index in [1.807, 2.05) is 4.90 Å². The van der Waals surface area contributed by atoms with Crippen molar-refractivity contribution in [3.63, 3.8) is 0 Å². The fraction of sp³-hybridized carbons (Fsp3) is 0.500. The molecule has 7 heteroatoms. The lowest BCUT2D eigenvalue weighted by molar-refractivity contribution is -0.137. The van der Waals surface area contributed by atoms with E-state index >= 15 is 0 Å². The molecule has 0 N–H and O–H groups in total. The molecular formula is C20H23F3N2O2. The second-order valence-electron chi connectivity index (χ2n) is 7.20. The number of hydrogen-bond donors (Lipinski definition) is 0. The van der Waals surface area contributed by atoms with Gasteiger partial charge in [-0.3, -0.25) is 4.79 Å². The molecule has 4 nitrogen and oxygen atoms in total. The van der Waals surface area contributed by atoms with Gasteiger partial charge in [0.2, 0.25) is 0 Å². The van der Waals surface area contributed by atoms with Crippen LogP contribution in [0.2, 0.25) is 0 Å². The SMILES string of the molecule is Cc1noc(C)c1C(=O)N1CCC[C@@H](CCc2cccc(C(F)(F)F)c2)C1. The molecule has 1 aliphatic rings. The first kappa shape index (κ1) is 19.5. The monoisotopic (exact) mass is 380 g/mol. The highest BCUT2D eigenvalue weighted by Crippen LogP contribution is 2.30. The summed E-state index contributed by atoms with van der Waals surface area (Å²) in [5.74, 6) is 0.719. The molecule has 0 aliphatic carbocycles. The number of aryl methyl sites for hydroxylation is 3. The van der Waals surface area contributed by atoms with E-state index in [9.17, 15) is 18.0 Å². The third-order valence-corrected chi connectivity index (χ3v) is 5.15. The van der Waals surface area contributed by atoms with Crippen molar-refractivity contribution >= 4 is 5.91 Å². The van der Waals surface area contributed by atoms with Gasteiger partial charge in [-0.2, -0.15) is 13.2 Å². The van der Waals surface area contributed by atoms with Crippen molar-refractivity contribution in [2.24, 2.45) is 5.92 Å². The summed E-state index contributed by atoms with van der Waals surface area (Å²) in [5.41, 5.74) is 1.18. The Bertz CT molecular complexity index is 794. The minimum Gasteiger partial charge on any atom is -0.361 e. The number of nitrogens with zero attached hydrogens (tertiary/aromatic N) is 2. The maximum Gasteiger partial charge on any atom is 0.416 e. The highest BCUT2D eigenvalue weighted by Gasteiger charge is 2.31.